The summed E-state index contributed by atoms with van der Waals surface area (Å²) in [4.78, 5) is 4.45. The van der Waals surface area contributed by atoms with Crippen LogP contribution in [0.3, 0.4) is 0 Å². The number of nitrogens with one attached hydrogen (secondary N) is 1. The van der Waals surface area contributed by atoms with Crippen molar-refractivity contribution in [3.63, 3.8) is 0 Å². The molecule has 0 radical (unpaired) electrons. The highest BCUT2D eigenvalue weighted by molar-refractivity contribution is 7.22. The predicted octanol–water partition coefficient (Wildman–Crippen LogP) is 3.15. The highest BCUT2D eigenvalue weighted by Crippen LogP contribution is 2.29. The van der Waals surface area contributed by atoms with Crippen LogP contribution in [0, 0.1) is 5.82 Å². The van der Waals surface area contributed by atoms with Crippen molar-refractivity contribution in [3.05, 3.63) is 24.0 Å². The fraction of sp³-hybridized carbons (Fsp3) is 0.462. The van der Waals surface area contributed by atoms with Gasteiger partial charge in [0.05, 0.1) is 16.3 Å². The van der Waals surface area contributed by atoms with Crippen molar-refractivity contribution < 1.29 is 9.50 Å². The summed E-state index contributed by atoms with van der Waals surface area (Å²) in [5, 5.41) is 13.7. The fourth-order valence-corrected chi connectivity index (χ4v) is 3.32. The van der Waals surface area contributed by atoms with Gasteiger partial charge in [-0.1, -0.05) is 11.3 Å². The van der Waals surface area contributed by atoms with Crippen LogP contribution in [0.15, 0.2) is 18.2 Å². The summed E-state index contributed by atoms with van der Waals surface area (Å²) in [6.45, 7) is 0. The molecule has 96 valence electrons. The van der Waals surface area contributed by atoms with Crippen LogP contribution in [-0.2, 0) is 0 Å². The van der Waals surface area contributed by atoms with Crippen LogP contribution in [0.2, 0.25) is 0 Å². The third-order valence-corrected chi connectivity index (χ3v) is 4.32. The highest BCUT2D eigenvalue weighted by atomic mass is 32.1. The smallest absolute Gasteiger partial charge is 0.184 e. The van der Waals surface area contributed by atoms with Crippen LogP contribution in [0.1, 0.15) is 25.7 Å². The SMILES string of the molecule is OC1CCC(Nc2nc3ccc(F)cc3s2)CC1. The number of aromatic nitrogens is 1. The van der Waals surface area contributed by atoms with Gasteiger partial charge in [-0.15, -0.1) is 0 Å². The Morgan fingerprint density at radius 2 is 2.06 bits per heavy atom. The summed E-state index contributed by atoms with van der Waals surface area (Å²) in [5.41, 5.74) is 0.833. The minimum atomic E-state index is -0.224. The molecular formula is C13H15FN2OS. The number of fused-ring (bicyclic) bond motifs is 1. The molecule has 1 aromatic carbocycles. The molecule has 1 aliphatic rings. The van der Waals surface area contributed by atoms with Crippen LogP contribution in [0.5, 0.6) is 0 Å². The van der Waals surface area contributed by atoms with Crippen LogP contribution >= 0.6 is 11.3 Å². The van der Waals surface area contributed by atoms with Crippen LogP contribution < -0.4 is 5.32 Å². The molecule has 3 rings (SSSR count). The average Bonchev–Trinajstić information content (AvgIpc) is 2.73. The number of hydrogen-bond donors (Lipinski definition) is 2. The van der Waals surface area contributed by atoms with Gasteiger partial charge in [0.2, 0.25) is 0 Å². The van der Waals surface area contributed by atoms with E-state index in [1.807, 2.05) is 0 Å². The average molecular weight is 266 g/mol. The molecule has 3 nitrogen and oxygen atoms in total. The number of anilines is 1. The lowest BCUT2D eigenvalue weighted by molar-refractivity contribution is 0.126. The minimum Gasteiger partial charge on any atom is -0.393 e. The molecule has 0 bridgehead atoms. The Bertz CT molecular complexity index is 549. The molecule has 1 fully saturated rings. The summed E-state index contributed by atoms with van der Waals surface area (Å²) < 4.78 is 13.9. The Balaban J connectivity index is 1.74. The normalized spacial score (nSPS) is 24.3. The van der Waals surface area contributed by atoms with E-state index in [2.05, 4.69) is 10.3 Å². The van der Waals surface area contributed by atoms with Gasteiger partial charge in [-0.05, 0) is 43.9 Å². The first-order chi connectivity index (χ1) is 8.70. The highest BCUT2D eigenvalue weighted by Gasteiger charge is 2.20. The van der Waals surface area contributed by atoms with Gasteiger partial charge in [-0.2, -0.15) is 0 Å². The van der Waals surface area contributed by atoms with Crippen molar-refractivity contribution in [1.82, 2.24) is 4.98 Å². The lowest BCUT2D eigenvalue weighted by atomic mass is 9.93. The van der Waals surface area contributed by atoms with Gasteiger partial charge >= 0.3 is 0 Å². The van der Waals surface area contributed by atoms with E-state index in [0.29, 0.717) is 6.04 Å². The first kappa shape index (κ1) is 11.9. The first-order valence-corrected chi connectivity index (χ1v) is 7.03. The van der Waals surface area contributed by atoms with Crippen LogP contribution in [0.25, 0.3) is 10.2 Å². The third-order valence-electron chi connectivity index (χ3n) is 3.37. The molecule has 0 atom stereocenters. The molecular weight excluding hydrogens is 251 g/mol. The molecule has 0 unspecified atom stereocenters. The maximum atomic E-state index is 13.1. The second-order valence-electron chi connectivity index (χ2n) is 4.78. The maximum absolute atomic E-state index is 13.1. The number of benzene rings is 1. The first-order valence-electron chi connectivity index (χ1n) is 6.21. The van der Waals surface area contributed by atoms with Gasteiger partial charge < -0.3 is 10.4 Å². The molecule has 2 aromatic rings. The van der Waals surface area contributed by atoms with Gasteiger partial charge in [0, 0.05) is 6.04 Å². The lowest BCUT2D eigenvalue weighted by Gasteiger charge is -2.25. The van der Waals surface area contributed by atoms with E-state index < -0.39 is 0 Å². The summed E-state index contributed by atoms with van der Waals surface area (Å²) in [6.07, 6.45) is 3.47. The summed E-state index contributed by atoms with van der Waals surface area (Å²) in [6, 6.07) is 5.03. The van der Waals surface area contributed by atoms with E-state index in [1.54, 1.807) is 6.07 Å². The Kier molecular flexibility index (Phi) is 3.18. The molecule has 5 heteroatoms. The predicted molar refractivity (Wildman–Crippen MR) is 71.5 cm³/mol. The van der Waals surface area contributed by atoms with E-state index >= 15 is 0 Å². The molecule has 0 spiro atoms. The zero-order chi connectivity index (χ0) is 12.5. The zero-order valence-electron chi connectivity index (χ0n) is 9.90. The number of rotatable bonds is 2. The molecule has 0 saturated heterocycles. The number of thiazole rings is 1. The van der Waals surface area contributed by atoms with E-state index in [9.17, 15) is 9.50 Å². The third kappa shape index (κ3) is 2.47. The van der Waals surface area contributed by atoms with Gasteiger partial charge in [0.25, 0.3) is 0 Å². The molecule has 1 heterocycles. The minimum absolute atomic E-state index is 0.146. The summed E-state index contributed by atoms with van der Waals surface area (Å²) in [5.74, 6) is -0.224. The zero-order valence-corrected chi connectivity index (χ0v) is 10.7. The van der Waals surface area contributed by atoms with Crippen molar-refractivity contribution >= 4 is 26.7 Å². The van der Waals surface area contributed by atoms with Crippen molar-refractivity contribution in [3.8, 4) is 0 Å². The fourth-order valence-electron chi connectivity index (χ4n) is 2.35. The quantitative estimate of drug-likeness (QED) is 0.877. The molecule has 0 aliphatic heterocycles. The number of aliphatic hydroxyl groups is 1. The van der Waals surface area contributed by atoms with E-state index in [-0.39, 0.29) is 11.9 Å². The number of nitrogens with zero attached hydrogens (tertiary/aromatic N) is 1. The van der Waals surface area contributed by atoms with Gasteiger partial charge in [-0.3, -0.25) is 0 Å². The standard InChI is InChI=1S/C13H15FN2OS/c14-8-1-6-11-12(7-8)18-13(16-11)15-9-2-4-10(17)5-3-9/h1,6-7,9-10,17H,2-5H2,(H,15,16). The Morgan fingerprint density at radius 1 is 1.28 bits per heavy atom. The summed E-state index contributed by atoms with van der Waals surface area (Å²) >= 11 is 1.48. The molecule has 1 aliphatic carbocycles. The molecule has 1 aromatic heterocycles. The van der Waals surface area contributed by atoms with E-state index in [1.165, 1.54) is 23.5 Å². The number of hydrogen-bond acceptors (Lipinski definition) is 4. The van der Waals surface area contributed by atoms with E-state index in [4.69, 9.17) is 0 Å². The Hall–Kier alpha value is -1.20. The second kappa shape index (κ2) is 4.82. The largest absolute Gasteiger partial charge is 0.393 e. The van der Waals surface area contributed by atoms with Crippen molar-refractivity contribution in [2.24, 2.45) is 0 Å². The molecule has 0 amide bonds. The maximum Gasteiger partial charge on any atom is 0.184 e. The topological polar surface area (TPSA) is 45.1 Å². The Morgan fingerprint density at radius 3 is 2.83 bits per heavy atom. The summed E-state index contributed by atoms with van der Waals surface area (Å²) in [7, 11) is 0. The van der Waals surface area contributed by atoms with Gasteiger partial charge in [-0.25, -0.2) is 9.37 Å². The van der Waals surface area contributed by atoms with Crippen LogP contribution in [0.4, 0.5) is 9.52 Å². The lowest BCUT2D eigenvalue weighted by Crippen LogP contribution is -2.28. The Labute approximate surface area is 109 Å². The van der Waals surface area contributed by atoms with Crippen molar-refractivity contribution in [2.75, 3.05) is 5.32 Å². The molecule has 2 N–H and O–H groups in total. The van der Waals surface area contributed by atoms with Crippen LogP contribution in [-0.4, -0.2) is 22.2 Å². The van der Waals surface area contributed by atoms with Gasteiger partial charge in [0.1, 0.15) is 5.82 Å². The van der Waals surface area contributed by atoms with E-state index in [0.717, 1.165) is 41.0 Å². The monoisotopic (exact) mass is 266 g/mol. The molecule has 18 heavy (non-hydrogen) atoms. The number of halogens is 1. The van der Waals surface area contributed by atoms with Crippen molar-refractivity contribution in [1.29, 1.82) is 0 Å². The van der Waals surface area contributed by atoms with Crippen molar-refractivity contribution in [2.45, 2.75) is 37.8 Å². The molecule has 1 saturated carbocycles. The van der Waals surface area contributed by atoms with Gasteiger partial charge in [0.15, 0.2) is 5.13 Å². The second-order valence-corrected chi connectivity index (χ2v) is 5.81. The number of aliphatic hydroxyl groups excluding tert-OH is 1.